The molecule has 0 aliphatic carbocycles. The number of Topliss-reactive ketones (excluding diaryl/α,β-unsaturated/α-hetero) is 1. The fourth-order valence-electron chi connectivity index (χ4n) is 2.08. The second-order valence-corrected chi connectivity index (χ2v) is 6.42. The molecule has 2 rings (SSSR count). The Kier molecular flexibility index (Phi) is 6.89. The molecular weight excluding hydrogens is 386 g/mol. The first-order chi connectivity index (χ1) is 12.7. The van der Waals surface area contributed by atoms with E-state index in [0.29, 0.717) is 5.56 Å². The Bertz CT molecular complexity index is 843. The number of amides is 1. The number of hydrogen-bond acceptors (Lipinski definition) is 5. The smallest absolute Gasteiger partial charge is 0.356 e. The molecule has 5 nitrogen and oxygen atoms in total. The highest BCUT2D eigenvalue weighted by Crippen LogP contribution is 2.28. The summed E-state index contributed by atoms with van der Waals surface area (Å²) in [7, 11) is 0. The van der Waals surface area contributed by atoms with Gasteiger partial charge in [-0.3, -0.25) is 9.59 Å². The molecule has 10 heteroatoms. The fourth-order valence-corrected chi connectivity index (χ4v) is 2.80. The molecule has 0 spiro atoms. The molecule has 1 N–H and O–H groups in total. The number of halogens is 4. The molecule has 1 aromatic heterocycles. The van der Waals surface area contributed by atoms with Crippen molar-refractivity contribution < 1.29 is 27.2 Å². The van der Waals surface area contributed by atoms with Crippen LogP contribution in [-0.2, 0) is 17.4 Å². The van der Waals surface area contributed by atoms with Gasteiger partial charge in [-0.25, -0.2) is 14.4 Å². The zero-order valence-corrected chi connectivity index (χ0v) is 15.0. The van der Waals surface area contributed by atoms with Gasteiger partial charge in [0.2, 0.25) is 5.91 Å². The van der Waals surface area contributed by atoms with Gasteiger partial charge in [-0.1, -0.05) is 23.9 Å². The molecule has 144 valence electrons. The minimum absolute atomic E-state index is 0.0928. The predicted octanol–water partition coefficient (Wildman–Crippen LogP) is 3.29. The molecule has 27 heavy (non-hydrogen) atoms. The van der Waals surface area contributed by atoms with Crippen molar-refractivity contribution in [3.8, 4) is 0 Å². The van der Waals surface area contributed by atoms with Crippen molar-refractivity contribution in [1.29, 1.82) is 0 Å². The van der Waals surface area contributed by atoms with Crippen molar-refractivity contribution in [1.82, 2.24) is 15.3 Å². The SMILES string of the molecule is CC(=O)NCCc1ccc(C(=O)CSc2nccc(C(F)(F)F)n2)cc1F. The van der Waals surface area contributed by atoms with Crippen LogP contribution in [0.5, 0.6) is 0 Å². The maximum atomic E-state index is 14.1. The Morgan fingerprint density at radius 2 is 1.96 bits per heavy atom. The zero-order chi connectivity index (χ0) is 20.0. The monoisotopic (exact) mass is 401 g/mol. The summed E-state index contributed by atoms with van der Waals surface area (Å²) in [4.78, 5) is 30.0. The van der Waals surface area contributed by atoms with Crippen LogP contribution in [0, 0.1) is 5.82 Å². The topological polar surface area (TPSA) is 72.0 Å². The molecule has 0 saturated carbocycles. The van der Waals surface area contributed by atoms with Gasteiger partial charge in [-0.15, -0.1) is 0 Å². The van der Waals surface area contributed by atoms with Crippen LogP contribution in [0.25, 0.3) is 0 Å². The normalized spacial score (nSPS) is 11.3. The number of alkyl halides is 3. The number of nitrogens with zero attached hydrogens (tertiary/aromatic N) is 2. The van der Waals surface area contributed by atoms with E-state index in [0.717, 1.165) is 30.1 Å². The molecule has 1 aromatic carbocycles. The first-order valence-corrected chi connectivity index (χ1v) is 8.74. The lowest BCUT2D eigenvalue weighted by Crippen LogP contribution is -2.22. The molecule has 1 amide bonds. The molecule has 0 fully saturated rings. The number of carbonyl (C=O) groups excluding carboxylic acids is 2. The van der Waals surface area contributed by atoms with Crippen molar-refractivity contribution in [3.63, 3.8) is 0 Å². The van der Waals surface area contributed by atoms with Gasteiger partial charge in [0.1, 0.15) is 11.5 Å². The number of hydrogen-bond donors (Lipinski definition) is 1. The molecule has 0 saturated heterocycles. The number of thioether (sulfide) groups is 1. The zero-order valence-electron chi connectivity index (χ0n) is 14.1. The van der Waals surface area contributed by atoms with E-state index < -0.39 is 23.5 Å². The summed E-state index contributed by atoms with van der Waals surface area (Å²) in [6, 6.07) is 4.68. The van der Waals surface area contributed by atoms with E-state index in [1.165, 1.54) is 19.1 Å². The average molecular weight is 401 g/mol. The van der Waals surface area contributed by atoms with Crippen LogP contribution in [0.2, 0.25) is 0 Å². The van der Waals surface area contributed by atoms with Crippen LogP contribution in [0.4, 0.5) is 17.6 Å². The van der Waals surface area contributed by atoms with Gasteiger partial charge in [0.15, 0.2) is 10.9 Å². The molecule has 1 heterocycles. The Balaban J connectivity index is 1.98. The molecule has 0 aliphatic rings. The highest BCUT2D eigenvalue weighted by Gasteiger charge is 2.32. The number of aromatic nitrogens is 2. The van der Waals surface area contributed by atoms with E-state index in [9.17, 15) is 27.2 Å². The van der Waals surface area contributed by atoms with Gasteiger partial charge in [0.05, 0.1) is 5.75 Å². The lowest BCUT2D eigenvalue weighted by Gasteiger charge is -2.07. The largest absolute Gasteiger partial charge is 0.433 e. The standard InChI is InChI=1S/C17H15F4N3O2S/c1-10(25)22-6-4-11-2-3-12(8-13(11)18)14(26)9-27-16-23-7-5-15(24-16)17(19,20)21/h2-3,5,7-8H,4,6,9H2,1H3,(H,22,25). The predicted molar refractivity (Wildman–Crippen MR) is 90.9 cm³/mol. The molecule has 0 unspecified atom stereocenters. The minimum atomic E-state index is -4.60. The average Bonchev–Trinajstić information content (AvgIpc) is 2.60. The van der Waals surface area contributed by atoms with Gasteiger partial charge in [0, 0.05) is 25.2 Å². The third kappa shape index (κ3) is 6.31. The second-order valence-electron chi connectivity index (χ2n) is 5.47. The van der Waals surface area contributed by atoms with Gasteiger partial charge in [-0.05, 0) is 24.1 Å². The van der Waals surface area contributed by atoms with Crippen LogP contribution in [-0.4, -0.2) is 34.0 Å². The van der Waals surface area contributed by atoms with E-state index >= 15 is 0 Å². The van der Waals surface area contributed by atoms with Gasteiger partial charge in [-0.2, -0.15) is 13.2 Å². The lowest BCUT2D eigenvalue weighted by atomic mass is 10.1. The van der Waals surface area contributed by atoms with Crippen molar-refractivity contribution in [3.05, 3.63) is 53.1 Å². The number of rotatable bonds is 7. The minimum Gasteiger partial charge on any atom is -0.356 e. The van der Waals surface area contributed by atoms with Gasteiger partial charge >= 0.3 is 6.18 Å². The molecular formula is C17H15F4N3O2S. The third-order valence-corrected chi connectivity index (χ3v) is 4.26. The van der Waals surface area contributed by atoms with Crippen LogP contribution in [0.15, 0.2) is 35.6 Å². The summed E-state index contributed by atoms with van der Waals surface area (Å²) >= 11 is 0.739. The maximum absolute atomic E-state index is 14.1. The first-order valence-electron chi connectivity index (χ1n) is 7.76. The summed E-state index contributed by atoms with van der Waals surface area (Å²) in [5.41, 5.74) is -0.661. The van der Waals surface area contributed by atoms with Crippen LogP contribution < -0.4 is 5.32 Å². The summed E-state index contributed by atoms with van der Waals surface area (Å²) in [6.07, 6.45) is -3.36. The number of ketones is 1. The van der Waals surface area contributed by atoms with Crippen molar-refractivity contribution in [2.45, 2.75) is 24.7 Å². The van der Waals surface area contributed by atoms with Crippen LogP contribution in [0.1, 0.15) is 28.5 Å². The van der Waals surface area contributed by atoms with Crippen LogP contribution >= 0.6 is 11.8 Å². The fraction of sp³-hybridized carbons (Fsp3) is 0.294. The quantitative estimate of drug-likeness (QED) is 0.334. The Labute approximate surface area is 156 Å². The molecule has 2 aromatic rings. The Morgan fingerprint density at radius 1 is 1.22 bits per heavy atom. The number of benzene rings is 1. The summed E-state index contributed by atoms with van der Waals surface area (Å²) in [6.45, 7) is 1.62. The third-order valence-electron chi connectivity index (χ3n) is 3.40. The first kappa shape index (κ1) is 20.8. The second kappa shape index (κ2) is 8.94. The summed E-state index contributed by atoms with van der Waals surface area (Å²) in [5, 5.41) is 2.35. The molecule has 0 aliphatic heterocycles. The van der Waals surface area contributed by atoms with E-state index in [4.69, 9.17) is 0 Å². The summed E-state index contributed by atoms with van der Waals surface area (Å²) < 4.78 is 51.9. The molecule has 0 bridgehead atoms. The number of carbonyl (C=O) groups is 2. The highest BCUT2D eigenvalue weighted by molar-refractivity contribution is 7.99. The van der Waals surface area contributed by atoms with Gasteiger partial charge < -0.3 is 5.32 Å². The Hall–Kier alpha value is -2.49. The van der Waals surface area contributed by atoms with Gasteiger partial charge in [0.25, 0.3) is 0 Å². The van der Waals surface area contributed by atoms with Crippen molar-refractivity contribution in [2.75, 3.05) is 12.3 Å². The summed E-state index contributed by atoms with van der Waals surface area (Å²) in [5.74, 6) is -1.51. The number of nitrogens with one attached hydrogen (secondary N) is 1. The van der Waals surface area contributed by atoms with Crippen molar-refractivity contribution in [2.24, 2.45) is 0 Å². The van der Waals surface area contributed by atoms with Crippen molar-refractivity contribution >= 4 is 23.5 Å². The van der Waals surface area contributed by atoms with E-state index in [2.05, 4.69) is 15.3 Å². The van der Waals surface area contributed by atoms with Crippen LogP contribution in [0.3, 0.4) is 0 Å². The lowest BCUT2D eigenvalue weighted by molar-refractivity contribution is -0.141. The Morgan fingerprint density at radius 3 is 2.59 bits per heavy atom. The highest BCUT2D eigenvalue weighted by atomic mass is 32.2. The molecule has 0 radical (unpaired) electrons. The van der Waals surface area contributed by atoms with E-state index in [1.807, 2.05) is 0 Å². The molecule has 0 atom stereocenters. The van der Waals surface area contributed by atoms with E-state index in [1.54, 1.807) is 0 Å². The maximum Gasteiger partial charge on any atom is 0.433 e. The van der Waals surface area contributed by atoms with E-state index in [-0.39, 0.29) is 35.3 Å².